The SMILES string of the molecule is O=C1/C(=C/c2ccccc2Cl)C(c2ccccc2Cl)Oc2ccccc21. The summed E-state index contributed by atoms with van der Waals surface area (Å²) in [7, 11) is 0. The van der Waals surface area contributed by atoms with E-state index >= 15 is 0 Å². The molecule has 0 N–H and O–H groups in total. The predicted octanol–water partition coefficient (Wildman–Crippen LogP) is 6.39. The number of rotatable bonds is 2. The van der Waals surface area contributed by atoms with Crippen LogP contribution in [0.1, 0.15) is 27.6 Å². The van der Waals surface area contributed by atoms with Crippen molar-refractivity contribution in [2.75, 3.05) is 0 Å². The Morgan fingerprint density at radius 3 is 2.23 bits per heavy atom. The van der Waals surface area contributed by atoms with Crippen LogP contribution in [0.4, 0.5) is 0 Å². The summed E-state index contributed by atoms with van der Waals surface area (Å²) in [5.41, 5.74) is 2.55. The molecule has 1 atom stereocenters. The molecule has 0 fully saturated rings. The zero-order valence-electron chi connectivity index (χ0n) is 13.7. The van der Waals surface area contributed by atoms with E-state index in [0.29, 0.717) is 26.9 Å². The lowest BCUT2D eigenvalue weighted by Crippen LogP contribution is -2.24. The molecule has 4 rings (SSSR count). The predicted molar refractivity (Wildman–Crippen MR) is 105 cm³/mol. The molecule has 0 spiro atoms. The first kappa shape index (κ1) is 16.9. The van der Waals surface area contributed by atoms with Gasteiger partial charge in [-0.05, 0) is 35.9 Å². The summed E-state index contributed by atoms with van der Waals surface area (Å²) in [5, 5.41) is 1.12. The number of ether oxygens (including phenoxy) is 1. The van der Waals surface area contributed by atoms with Crippen LogP contribution in [0, 0.1) is 0 Å². The third-order valence-corrected chi connectivity index (χ3v) is 5.01. The number of ketones is 1. The molecule has 2 nitrogen and oxygen atoms in total. The molecule has 1 unspecified atom stereocenters. The molecule has 1 aliphatic rings. The van der Waals surface area contributed by atoms with Gasteiger partial charge in [-0.15, -0.1) is 0 Å². The average molecular weight is 381 g/mol. The molecule has 0 radical (unpaired) electrons. The Bertz CT molecular complexity index is 1020. The van der Waals surface area contributed by atoms with E-state index in [4.69, 9.17) is 27.9 Å². The molecule has 1 heterocycles. The van der Waals surface area contributed by atoms with Crippen molar-refractivity contribution in [3.05, 3.63) is 105 Å². The third-order valence-electron chi connectivity index (χ3n) is 4.33. The number of para-hydroxylation sites is 1. The van der Waals surface area contributed by atoms with Gasteiger partial charge in [0.1, 0.15) is 5.75 Å². The number of halogens is 2. The van der Waals surface area contributed by atoms with Gasteiger partial charge in [-0.3, -0.25) is 4.79 Å². The van der Waals surface area contributed by atoms with Gasteiger partial charge < -0.3 is 4.74 Å². The summed E-state index contributed by atoms with van der Waals surface area (Å²) in [6.45, 7) is 0. The number of carbonyl (C=O) groups excluding carboxylic acids is 1. The molecule has 0 saturated carbocycles. The van der Waals surface area contributed by atoms with Gasteiger partial charge in [0.2, 0.25) is 0 Å². The van der Waals surface area contributed by atoms with Crippen molar-refractivity contribution >= 4 is 35.1 Å². The van der Waals surface area contributed by atoms with Gasteiger partial charge in [-0.1, -0.05) is 71.7 Å². The summed E-state index contributed by atoms with van der Waals surface area (Å²) in [4.78, 5) is 13.2. The highest BCUT2D eigenvalue weighted by Gasteiger charge is 2.33. The van der Waals surface area contributed by atoms with Crippen LogP contribution in [0.15, 0.2) is 78.4 Å². The maximum Gasteiger partial charge on any atom is 0.196 e. The molecule has 3 aromatic rings. The van der Waals surface area contributed by atoms with Crippen LogP contribution >= 0.6 is 23.2 Å². The van der Waals surface area contributed by atoms with Crippen molar-refractivity contribution in [3.63, 3.8) is 0 Å². The van der Waals surface area contributed by atoms with Crippen molar-refractivity contribution in [1.29, 1.82) is 0 Å². The fourth-order valence-corrected chi connectivity index (χ4v) is 3.47. The Labute approximate surface area is 161 Å². The maximum atomic E-state index is 13.2. The van der Waals surface area contributed by atoms with E-state index in [9.17, 15) is 4.79 Å². The summed E-state index contributed by atoms with van der Waals surface area (Å²) in [5.74, 6) is 0.468. The first-order valence-corrected chi connectivity index (χ1v) is 8.91. The van der Waals surface area contributed by atoms with E-state index in [-0.39, 0.29) is 5.78 Å². The molecule has 0 saturated heterocycles. The topological polar surface area (TPSA) is 26.3 Å². The van der Waals surface area contributed by atoms with E-state index in [0.717, 1.165) is 11.1 Å². The Kier molecular flexibility index (Phi) is 4.54. The van der Waals surface area contributed by atoms with Crippen LogP contribution in [0.25, 0.3) is 6.08 Å². The van der Waals surface area contributed by atoms with Gasteiger partial charge >= 0.3 is 0 Å². The van der Waals surface area contributed by atoms with E-state index in [1.165, 1.54) is 0 Å². The molecular weight excluding hydrogens is 367 g/mol. The number of hydrogen-bond acceptors (Lipinski definition) is 2. The quantitative estimate of drug-likeness (QED) is 0.481. The minimum absolute atomic E-state index is 0.0864. The van der Waals surface area contributed by atoms with Crippen molar-refractivity contribution in [3.8, 4) is 5.75 Å². The molecule has 128 valence electrons. The molecule has 3 aromatic carbocycles. The van der Waals surface area contributed by atoms with Crippen molar-refractivity contribution in [1.82, 2.24) is 0 Å². The molecule has 4 heteroatoms. The van der Waals surface area contributed by atoms with Gasteiger partial charge in [0, 0.05) is 21.2 Å². The molecule has 0 bridgehead atoms. The summed E-state index contributed by atoms with van der Waals surface area (Å²) in [6.07, 6.45) is 1.19. The van der Waals surface area contributed by atoms with E-state index in [1.807, 2.05) is 48.5 Å². The number of hydrogen-bond donors (Lipinski definition) is 0. The fraction of sp³-hybridized carbons (Fsp3) is 0.0455. The van der Waals surface area contributed by atoms with E-state index < -0.39 is 6.10 Å². The number of benzene rings is 3. The molecular formula is C22H14Cl2O2. The highest BCUT2D eigenvalue weighted by molar-refractivity contribution is 6.32. The standard InChI is InChI=1S/C22H14Cl2O2/c23-18-10-4-1-7-14(18)13-17-21(25)16-9-3-6-12-20(16)26-22(17)15-8-2-5-11-19(15)24/h1-13,22H/b17-13-. The average Bonchev–Trinajstić information content (AvgIpc) is 2.66. The van der Waals surface area contributed by atoms with E-state index in [1.54, 1.807) is 30.3 Å². The first-order valence-electron chi connectivity index (χ1n) is 8.16. The van der Waals surface area contributed by atoms with E-state index in [2.05, 4.69) is 0 Å². The minimum atomic E-state index is -0.595. The van der Waals surface area contributed by atoms with Gasteiger partial charge in [0.05, 0.1) is 5.56 Å². The fourth-order valence-electron chi connectivity index (χ4n) is 3.04. The lowest BCUT2D eigenvalue weighted by molar-refractivity contribution is 0.0963. The van der Waals surface area contributed by atoms with Crippen molar-refractivity contribution in [2.24, 2.45) is 0 Å². The smallest absolute Gasteiger partial charge is 0.196 e. The zero-order chi connectivity index (χ0) is 18.1. The highest BCUT2D eigenvalue weighted by atomic mass is 35.5. The molecule has 1 aliphatic heterocycles. The second kappa shape index (κ2) is 6.99. The summed E-state index contributed by atoms with van der Waals surface area (Å²) < 4.78 is 6.18. The molecule has 0 amide bonds. The second-order valence-corrected chi connectivity index (χ2v) is 6.78. The Morgan fingerprint density at radius 1 is 0.808 bits per heavy atom. The van der Waals surface area contributed by atoms with Crippen LogP contribution in [0.3, 0.4) is 0 Å². The van der Waals surface area contributed by atoms with Crippen LogP contribution in [-0.4, -0.2) is 5.78 Å². The monoisotopic (exact) mass is 380 g/mol. The van der Waals surface area contributed by atoms with Crippen molar-refractivity contribution < 1.29 is 9.53 Å². The van der Waals surface area contributed by atoms with Crippen LogP contribution in [0.5, 0.6) is 5.75 Å². The summed E-state index contributed by atoms with van der Waals surface area (Å²) in [6, 6.07) is 22.0. The first-order chi connectivity index (χ1) is 12.6. The lowest BCUT2D eigenvalue weighted by atomic mass is 9.89. The largest absolute Gasteiger partial charge is 0.480 e. The Hall–Kier alpha value is -2.55. The lowest BCUT2D eigenvalue weighted by Gasteiger charge is -2.28. The van der Waals surface area contributed by atoms with Crippen LogP contribution in [-0.2, 0) is 0 Å². The summed E-state index contributed by atoms with van der Waals surface area (Å²) >= 11 is 12.7. The Morgan fingerprint density at radius 2 is 1.46 bits per heavy atom. The van der Waals surface area contributed by atoms with Gasteiger partial charge in [-0.25, -0.2) is 0 Å². The molecule has 0 aliphatic carbocycles. The van der Waals surface area contributed by atoms with Gasteiger partial charge in [-0.2, -0.15) is 0 Å². The number of carbonyl (C=O) groups is 1. The molecule has 26 heavy (non-hydrogen) atoms. The number of fused-ring (bicyclic) bond motifs is 1. The highest BCUT2D eigenvalue weighted by Crippen LogP contribution is 2.41. The van der Waals surface area contributed by atoms with Gasteiger partial charge in [0.15, 0.2) is 11.9 Å². The van der Waals surface area contributed by atoms with Crippen molar-refractivity contribution in [2.45, 2.75) is 6.10 Å². The Balaban J connectivity index is 1.91. The second-order valence-electron chi connectivity index (χ2n) is 5.97. The normalized spacial score (nSPS) is 17.7. The third kappa shape index (κ3) is 3.03. The van der Waals surface area contributed by atoms with Gasteiger partial charge in [0.25, 0.3) is 0 Å². The van der Waals surface area contributed by atoms with Crippen LogP contribution in [0.2, 0.25) is 10.0 Å². The molecule has 0 aromatic heterocycles. The minimum Gasteiger partial charge on any atom is -0.480 e. The zero-order valence-corrected chi connectivity index (χ0v) is 15.2. The van der Waals surface area contributed by atoms with Crippen LogP contribution < -0.4 is 4.74 Å². The number of Topliss-reactive ketones (excluding diaryl/α,β-unsaturated/α-hetero) is 1. The maximum absolute atomic E-state index is 13.2.